The van der Waals surface area contributed by atoms with Gasteiger partial charge in [-0.3, -0.25) is 0 Å². The van der Waals surface area contributed by atoms with Crippen molar-refractivity contribution in [1.29, 1.82) is 0 Å². The minimum absolute atomic E-state index is 0.153. The molecule has 0 aliphatic heterocycles. The largest absolute Gasteiger partial charge is 0.393 e. The summed E-state index contributed by atoms with van der Waals surface area (Å²) in [6.45, 7) is 16.2. The number of allylic oxidation sites excluding steroid dienone is 6. The van der Waals surface area contributed by atoms with Crippen LogP contribution in [-0.2, 0) is 0 Å². The van der Waals surface area contributed by atoms with Gasteiger partial charge in [0.2, 0.25) is 0 Å². The van der Waals surface area contributed by atoms with Crippen LogP contribution in [0.4, 0.5) is 0 Å². The van der Waals surface area contributed by atoms with Crippen LogP contribution >= 0.6 is 0 Å². The Morgan fingerprint density at radius 3 is 2.30 bits per heavy atom. The molecule has 0 aromatic carbocycles. The summed E-state index contributed by atoms with van der Waals surface area (Å²) in [6, 6.07) is 0. The van der Waals surface area contributed by atoms with E-state index in [1.165, 1.54) is 5.57 Å². The van der Waals surface area contributed by atoms with Crippen LogP contribution in [0.25, 0.3) is 0 Å². The van der Waals surface area contributed by atoms with E-state index in [1.54, 1.807) is 0 Å². The molecule has 0 aliphatic rings. The first-order valence-corrected chi connectivity index (χ1v) is 7.74. The van der Waals surface area contributed by atoms with Gasteiger partial charge in [-0.25, -0.2) is 0 Å². The molecule has 1 atom stereocenters. The molecule has 0 aromatic rings. The topological polar surface area (TPSA) is 20.2 Å². The van der Waals surface area contributed by atoms with Gasteiger partial charge >= 0.3 is 0 Å². The molecular formula is C19H32O. The lowest BCUT2D eigenvalue weighted by atomic mass is 9.98. The Morgan fingerprint density at radius 1 is 1.20 bits per heavy atom. The van der Waals surface area contributed by atoms with Crippen molar-refractivity contribution in [3.8, 4) is 0 Å². The number of aliphatic hydroxyl groups is 1. The van der Waals surface area contributed by atoms with Crippen molar-refractivity contribution in [1.82, 2.24) is 0 Å². The van der Waals surface area contributed by atoms with Crippen molar-refractivity contribution >= 4 is 0 Å². The molecule has 0 saturated carbocycles. The van der Waals surface area contributed by atoms with Gasteiger partial charge in [0.25, 0.3) is 0 Å². The standard InChI is InChI=1S/C19H32O/c1-7-17(14-18(8-2)16(5)6)10-9-11-19(20)13-12-15(3)4/h7-8,14-15,19-20H,2,5,9-13H2,1,3-4,6H3/b17-7-,18-14-. The monoisotopic (exact) mass is 276 g/mol. The number of aliphatic hydroxyl groups excluding tert-OH is 1. The van der Waals surface area contributed by atoms with Crippen LogP contribution in [0.5, 0.6) is 0 Å². The second-order valence-corrected chi connectivity index (χ2v) is 5.96. The first kappa shape index (κ1) is 18.9. The molecule has 1 heteroatoms. The van der Waals surface area contributed by atoms with Crippen LogP contribution in [0.1, 0.15) is 59.8 Å². The molecule has 0 aliphatic carbocycles. The SMILES string of the molecule is C=C/C(=C/C(=C\C)CCCC(O)CCC(C)C)C(=C)C. The Hall–Kier alpha value is -1.08. The number of rotatable bonds is 10. The quantitative estimate of drug-likeness (QED) is 0.516. The third kappa shape index (κ3) is 8.92. The van der Waals surface area contributed by atoms with Crippen LogP contribution in [0, 0.1) is 5.92 Å². The lowest BCUT2D eigenvalue weighted by molar-refractivity contribution is 0.144. The molecule has 1 unspecified atom stereocenters. The average Bonchev–Trinajstić information content (AvgIpc) is 2.39. The first-order chi connectivity index (χ1) is 9.40. The number of hydrogen-bond acceptors (Lipinski definition) is 1. The van der Waals surface area contributed by atoms with E-state index in [0.717, 1.165) is 43.3 Å². The predicted octanol–water partition coefficient (Wildman–Crippen LogP) is 5.59. The maximum Gasteiger partial charge on any atom is 0.0540 e. The maximum absolute atomic E-state index is 9.93. The number of hydrogen-bond donors (Lipinski definition) is 1. The molecule has 0 bridgehead atoms. The molecule has 0 radical (unpaired) electrons. The molecule has 0 spiro atoms. The van der Waals surface area contributed by atoms with Gasteiger partial charge in [0.15, 0.2) is 0 Å². The Morgan fingerprint density at radius 2 is 1.85 bits per heavy atom. The highest BCUT2D eigenvalue weighted by molar-refractivity contribution is 5.41. The molecule has 1 nitrogen and oxygen atoms in total. The molecule has 20 heavy (non-hydrogen) atoms. The zero-order valence-corrected chi connectivity index (χ0v) is 13.8. The van der Waals surface area contributed by atoms with Crippen molar-refractivity contribution < 1.29 is 5.11 Å². The molecule has 0 saturated heterocycles. The molecule has 0 aromatic heterocycles. The van der Waals surface area contributed by atoms with Crippen LogP contribution in [0.15, 0.2) is 48.1 Å². The second kappa shape index (κ2) is 10.7. The van der Waals surface area contributed by atoms with Crippen LogP contribution in [0.3, 0.4) is 0 Å². The van der Waals surface area contributed by atoms with Crippen molar-refractivity contribution in [2.75, 3.05) is 0 Å². The highest BCUT2D eigenvalue weighted by Crippen LogP contribution is 2.18. The summed E-state index contributed by atoms with van der Waals surface area (Å²) in [6.07, 6.45) is 10.9. The smallest absolute Gasteiger partial charge is 0.0540 e. The van der Waals surface area contributed by atoms with Gasteiger partial charge in [-0.1, -0.05) is 56.4 Å². The van der Waals surface area contributed by atoms with Crippen molar-refractivity contribution in [3.05, 3.63) is 48.1 Å². The van der Waals surface area contributed by atoms with E-state index in [4.69, 9.17) is 0 Å². The Labute approximate surface area is 125 Å². The van der Waals surface area contributed by atoms with Gasteiger partial charge in [0, 0.05) is 0 Å². The van der Waals surface area contributed by atoms with E-state index in [1.807, 2.05) is 13.0 Å². The van der Waals surface area contributed by atoms with Gasteiger partial charge < -0.3 is 5.11 Å². The molecular weight excluding hydrogens is 244 g/mol. The third-order valence-electron chi connectivity index (χ3n) is 3.50. The van der Waals surface area contributed by atoms with Crippen molar-refractivity contribution in [3.63, 3.8) is 0 Å². The zero-order chi connectivity index (χ0) is 15.5. The Bertz CT molecular complexity index is 358. The summed E-state index contributed by atoms with van der Waals surface area (Å²) >= 11 is 0. The van der Waals surface area contributed by atoms with E-state index >= 15 is 0 Å². The van der Waals surface area contributed by atoms with E-state index < -0.39 is 0 Å². The first-order valence-electron chi connectivity index (χ1n) is 7.74. The highest BCUT2D eigenvalue weighted by atomic mass is 16.3. The van der Waals surface area contributed by atoms with Crippen molar-refractivity contribution in [2.24, 2.45) is 5.92 Å². The van der Waals surface area contributed by atoms with Gasteiger partial charge in [0.05, 0.1) is 6.10 Å². The fraction of sp³-hybridized carbons (Fsp3) is 0.579. The average molecular weight is 276 g/mol. The summed E-state index contributed by atoms with van der Waals surface area (Å²) in [7, 11) is 0. The minimum atomic E-state index is -0.153. The fourth-order valence-corrected chi connectivity index (χ4v) is 2.07. The van der Waals surface area contributed by atoms with E-state index in [0.29, 0.717) is 5.92 Å². The Kier molecular flexibility index (Phi) is 10.1. The minimum Gasteiger partial charge on any atom is -0.393 e. The van der Waals surface area contributed by atoms with Crippen LogP contribution < -0.4 is 0 Å². The summed E-state index contributed by atoms with van der Waals surface area (Å²) in [4.78, 5) is 0. The summed E-state index contributed by atoms with van der Waals surface area (Å²) in [5.41, 5.74) is 3.42. The normalized spacial score (nSPS) is 14.5. The summed E-state index contributed by atoms with van der Waals surface area (Å²) in [5, 5.41) is 9.93. The third-order valence-corrected chi connectivity index (χ3v) is 3.50. The van der Waals surface area contributed by atoms with Gasteiger partial charge in [-0.05, 0) is 57.4 Å². The molecule has 0 amide bonds. The summed E-state index contributed by atoms with van der Waals surface area (Å²) < 4.78 is 0. The lowest BCUT2D eigenvalue weighted by Crippen LogP contribution is -2.07. The Balaban J connectivity index is 4.21. The van der Waals surface area contributed by atoms with E-state index in [-0.39, 0.29) is 6.10 Å². The lowest BCUT2D eigenvalue weighted by Gasteiger charge is -2.12. The highest BCUT2D eigenvalue weighted by Gasteiger charge is 2.06. The molecule has 0 fully saturated rings. The molecule has 0 heterocycles. The van der Waals surface area contributed by atoms with E-state index in [9.17, 15) is 5.11 Å². The molecule has 114 valence electrons. The molecule has 1 N–H and O–H groups in total. The zero-order valence-electron chi connectivity index (χ0n) is 13.8. The van der Waals surface area contributed by atoms with Crippen LogP contribution in [-0.4, -0.2) is 11.2 Å². The maximum atomic E-state index is 9.93. The second-order valence-electron chi connectivity index (χ2n) is 5.96. The van der Waals surface area contributed by atoms with Crippen molar-refractivity contribution in [2.45, 2.75) is 65.9 Å². The van der Waals surface area contributed by atoms with Gasteiger partial charge in [0.1, 0.15) is 0 Å². The van der Waals surface area contributed by atoms with Gasteiger partial charge in [-0.15, -0.1) is 0 Å². The van der Waals surface area contributed by atoms with Crippen LogP contribution in [0.2, 0.25) is 0 Å². The van der Waals surface area contributed by atoms with Gasteiger partial charge in [-0.2, -0.15) is 0 Å². The van der Waals surface area contributed by atoms with E-state index in [2.05, 4.69) is 46.1 Å². The predicted molar refractivity (Wildman–Crippen MR) is 90.8 cm³/mol. The summed E-state index contributed by atoms with van der Waals surface area (Å²) in [5.74, 6) is 0.671. The fourth-order valence-electron chi connectivity index (χ4n) is 2.07. The molecule has 0 rings (SSSR count).